The summed E-state index contributed by atoms with van der Waals surface area (Å²) in [7, 11) is 1.90. The second kappa shape index (κ2) is 41.5. The van der Waals surface area contributed by atoms with E-state index in [0.717, 1.165) is 33.3 Å². The van der Waals surface area contributed by atoms with E-state index in [4.69, 9.17) is 36.1 Å². The Balaban J connectivity index is 1.96. The van der Waals surface area contributed by atoms with Gasteiger partial charge in [-0.15, -0.1) is 11.8 Å². The molecule has 2 saturated heterocycles. The third kappa shape index (κ3) is 30.6. The lowest BCUT2D eigenvalue weighted by Crippen LogP contribution is -2.60. The van der Waals surface area contributed by atoms with Crippen molar-refractivity contribution >= 4 is 104 Å². The zero-order valence-corrected chi connectivity index (χ0v) is 48.8. The van der Waals surface area contributed by atoms with Crippen LogP contribution in [0.15, 0.2) is 35.3 Å². The van der Waals surface area contributed by atoms with E-state index < -0.39 is 114 Å². The summed E-state index contributed by atoms with van der Waals surface area (Å²) < 4.78 is 21.6. The predicted molar refractivity (Wildman–Crippen MR) is 309 cm³/mol. The van der Waals surface area contributed by atoms with Crippen molar-refractivity contribution in [3.05, 3.63) is 35.9 Å². The van der Waals surface area contributed by atoms with E-state index in [2.05, 4.69) is 58.2 Å². The number of hydrogen-bond acceptors (Lipinski definition) is 20. The maximum absolute atomic E-state index is 14.5. The zero-order valence-electron chi connectivity index (χ0n) is 46.4. The number of aliphatic carboxylic acids is 1. The molecule has 2 aliphatic rings. The van der Waals surface area contributed by atoms with Gasteiger partial charge in [-0.25, -0.2) is 0 Å². The van der Waals surface area contributed by atoms with Gasteiger partial charge in [0.15, 0.2) is 5.96 Å². The maximum Gasteiger partial charge on any atom is 0.305 e. The number of nitrogens with one attached hydrogen (secondary N) is 10. The minimum Gasteiger partial charge on any atom is -0.481 e. The van der Waals surface area contributed by atoms with E-state index in [1.54, 1.807) is 37.3 Å². The number of nitrogens with zero attached hydrogens (tertiary/aromatic N) is 1. The Bertz CT molecular complexity index is 2290. The Kier molecular flexibility index (Phi) is 35.4. The molecule has 2 heterocycles. The summed E-state index contributed by atoms with van der Waals surface area (Å²) in [5.41, 5.74) is 17.3. The number of fused-ring (bicyclic) bond motifs is 5. The van der Waals surface area contributed by atoms with Crippen LogP contribution in [0.1, 0.15) is 51.0 Å². The normalized spacial score (nSPS) is 22.0. The highest BCUT2D eigenvalue weighted by molar-refractivity contribution is 8.76. The quantitative estimate of drug-likeness (QED) is 0.0161. The van der Waals surface area contributed by atoms with E-state index >= 15 is 0 Å². The lowest BCUT2D eigenvalue weighted by Gasteiger charge is -2.27. The van der Waals surface area contributed by atoms with Crippen molar-refractivity contribution in [1.82, 2.24) is 53.2 Å². The van der Waals surface area contributed by atoms with Gasteiger partial charge in [0, 0.05) is 49.9 Å². The fourth-order valence-corrected chi connectivity index (χ4v) is 10.8. The van der Waals surface area contributed by atoms with Crippen molar-refractivity contribution in [2.24, 2.45) is 22.2 Å². The van der Waals surface area contributed by atoms with E-state index in [0.29, 0.717) is 31.6 Å². The zero-order chi connectivity index (χ0) is 60.8. The SMILES string of the molecule is CCOCC(=O)NCCOCCOCCOCCNC(=O)[C@@H]1CSCC(=O)N[C@@H](CCCCN)C(=O)N[C@H]2CSSC[C@H](NC(=O)[C@H](CC(=O)O)NC(=O)CNC(=O)[C@H](CCCN=C(N)N)NC2=O)C(=O)N[C@@H](Cc2ccccc2)C(=O)N1. The number of hydrogen-bond donors (Lipinski definition) is 14. The van der Waals surface area contributed by atoms with Crippen molar-refractivity contribution < 1.29 is 76.8 Å². The molecular formula is C50H80N14O16S3. The first-order chi connectivity index (χ1) is 39.9. The number of aliphatic imine (C=N–C) groups is 1. The van der Waals surface area contributed by atoms with Crippen molar-refractivity contribution in [3.63, 3.8) is 0 Å². The van der Waals surface area contributed by atoms with Crippen molar-refractivity contribution in [1.29, 1.82) is 0 Å². The lowest BCUT2D eigenvalue weighted by atomic mass is 10.0. The molecule has 0 aliphatic carbocycles. The molecule has 0 saturated carbocycles. The summed E-state index contributed by atoms with van der Waals surface area (Å²) in [4.78, 5) is 153. The predicted octanol–water partition coefficient (Wildman–Crippen LogP) is -5.14. The van der Waals surface area contributed by atoms with Gasteiger partial charge in [-0.2, -0.15) is 0 Å². The van der Waals surface area contributed by atoms with Crippen LogP contribution in [-0.4, -0.2) is 227 Å². The number of rotatable bonds is 28. The Morgan fingerprint density at radius 3 is 1.82 bits per heavy atom. The van der Waals surface area contributed by atoms with Gasteiger partial charge in [0.25, 0.3) is 0 Å². The molecule has 464 valence electrons. The molecule has 1 aromatic carbocycles. The Hall–Kier alpha value is -6.49. The van der Waals surface area contributed by atoms with Gasteiger partial charge in [0.2, 0.25) is 59.1 Å². The molecule has 30 nitrogen and oxygen atoms in total. The number of nitrogens with two attached hydrogens (primary N) is 3. The summed E-state index contributed by atoms with van der Waals surface area (Å²) in [6.07, 6.45) is -0.102. The highest BCUT2D eigenvalue weighted by atomic mass is 33.1. The molecule has 1 aromatic rings. The molecular weight excluding hydrogens is 1150 g/mol. The molecule has 0 aromatic heterocycles. The third-order valence-corrected chi connectivity index (χ3v) is 15.3. The highest BCUT2D eigenvalue weighted by Crippen LogP contribution is 2.24. The highest BCUT2D eigenvalue weighted by Gasteiger charge is 2.35. The topological polar surface area (TPSA) is 456 Å². The standard InChI is InChI=1S/C50H80N14O16S3/c1-2-77-26-40(66)54-15-17-78-19-21-80-22-20-79-18-16-55-44(71)36-27-81-30-41(67)58-33(11-6-7-13-51)45(72)63-37-28-82-83-29-38(49(76)61-34(46(73)62-36)23-31-9-4-3-5-10-31)64-47(74)35(24-42(68)69)59-39(65)25-57-43(70)32(60-48(37)75)12-8-14-56-50(52)53/h3-5,9-10,32-38H,2,6-8,11-30,51H2,1H3,(H,54,66)(H,55,71)(H,57,70)(H,58,67)(H,59,65)(H,60,75)(H,61,76)(H,62,73)(H,63,72)(H,64,74)(H,68,69)(H4,52,53,56)/t32-,33-,34-,35-,36-,37-,38-/m0/s1. The number of carboxylic acids is 1. The largest absolute Gasteiger partial charge is 0.481 e. The Morgan fingerprint density at radius 2 is 1.20 bits per heavy atom. The van der Waals surface area contributed by atoms with Crippen LogP contribution in [0, 0.1) is 0 Å². The van der Waals surface area contributed by atoms with Crippen LogP contribution in [0.5, 0.6) is 0 Å². The number of ether oxygens (including phenoxy) is 4. The molecule has 17 N–H and O–H groups in total. The number of carboxylic acid groups (broad SMARTS) is 1. The first-order valence-electron chi connectivity index (χ1n) is 27.0. The van der Waals surface area contributed by atoms with Crippen LogP contribution in [0.3, 0.4) is 0 Å². The summed E-state index contributed by atoms with van der Waals surface area (Å²) in [5.74, 6) is -10.8. The smallest absolute Gasteiger partial charge is 0.305 e. The molecule has 0 spiro atoms. The van der Waals surface area contributed by atoms with Crippen LogP contribution in [0.2, 0.25) is 0 Å². The number of carbonyl (C=O) groups is 11. The number of guanidine groups is 1. The molecule has 83 heavy (non-hydrogen) atoms. The first-order valence-corrected chi connectivity index (χ1v) is 30.6. The number of unbranched alkanes of at least 4 members (excludes halogenated alkanes) is 1. The van der Waals surface area contributed by atoms with Gasteiger partial charge < -0.3 is 94.4 Å². The van der Waals surface area contributed by atoms with E-state index in [1.807, 2.05) is 0 Å². The Labute approximate surface area is 493 Å². The summed E-state index contributed by atoms with van der Waals surface area (Å²) >= 11 is 0.942. The molecule has 10 amide bonds. The van der Waals surface area contributed by atoms with Gasteiger partial charge in [-0.1, -0.05) is 51.9 Å². The van der Waals surface area contributed by atoms with Gasteiger partial charge in [0.05, 0.1) is 58.4 Å². The summed E-state index contributed by atoms with van der Waals surface area (Å²) in [6, 6.07) is -1.60. The lowest BCUT2D eigenvalue weighted by molar-refractivity contribution is -0.141. The van der Waals surface area contributed by atoms with Crippen LogP contribution < -0.4 is 70.4 Å². The van der Waals surface area contributed by atoms with Crippen molar-refractivity contribution in [3.8, 4) is 0 Å². The van der Waals surface area contributed by atoms with E-state index in [9.17, 15) is 57.8 Å². The van der Waals surface area contributed by atoms with Gasteiger partial charge in [-0.3, -0.25) is 57.7 Å². The maximum atomic E-state index is 14.5. The van der Waals surface area contributed by atoms with Crippen LogP contribution >= 0.6 is 33.3 Å². The molecule has 3 rings (SSSR count). The Morgan fingerprint density at radius 1 is 0.639 bits per heavy atom. The van der Waals surface area contributed by atoms with Crippen LogP contribution in [-0.2, 0) is 78.1 Å². The molecule has 0 radical (unpaired) electrons. The fraction of sp³-hybridized carbons (Fsp3) is 0.640. The van der Waals surface area contributed by atoms with Crippen LogP contribution in [0.4, 0.5) is 0 Å². The first kappa shape index (κ1) is 70.8. The van der Waals surface area contributed by atoms with Crippen LogP contribution in [0.25, 0.3) is 0 Å². The number of thioether (sulfide) groups is 1. The molecule has 33 heteroatoms. The molecule has 7 atom stereocenters. The minimum absolute atomic E-state index is 0.0233. The summed E-state index contributed by atoms with van der Waals surface area (Å²) in [5, 5.41) is 35.7. The monoisotopic (exact) mass is 1230 g/mol. The summed E-state index contributed by atoms with van der Waals surface area (Å²) in [6.45, 7) is 3.17. The second-order valence-electron chi connectivity index (χ2n) is 18.5. The van der Waals surface area contributed by atoms with E-state index in [1.165, 1.54) is 0 Å². The van der Waals surface area contributed by atoms with Crippen molar-refractivity contribution in [2.45, 2.75) is 94.2 Å². The van der Waals surface area contributed by atoms with Gasteiger partial charge in [-0.05, 0) is 51.1 Å². The van der Waals surface area contributed by atoms with E-state index in [-0.39, 0.29) is 126 Å². The molecule has 2 bridgehead atoms. The van der Waals surface area contributed by atoms with Crippen molar-refractivity contribution in [2.75, 3.05) is 109 Å². The molecule has 2 aliphatic heterocycles. The second-order valence-corrected chi connectivity index (χ2v) is 22.1. The minimum atomic E-state index is -1.79. The van der Waals surface area contributed by atoms with Gasteiger partial charge in [0.1, 0.15) is 48.9 Å². The average Bonchev–Trinajstić information content (AvgIpc) is 3.61. The third-order valence-electron chi connectivity index (χ3n) is 11.8. The van der Waals surface area contributed by atoms with Gasteiger partial charge >= 0.3 is 5.97 Å². The number of carbonyl (C=O) groups excluding carboxylic acids is 10. The number of benzene rings is 1. The molecule has 2 fully saturated rings. The molecule has 0 unspecified atom stereocenters. The fourth-order valence-electron chi connectivity index (χ4n) is 7.58. The number of amides is 10. The average molecular weight is 1230 g/mol.